The summed E-state index contributed by atoms with van der Waals surface area (Å²) >= 11 is 0. The van der Waals surface area contributed by atoms with Crippen LogP contribution < -0.4 is 10.1 Å². The van der Waals surface area contributed by atoms with E-state index in [9.17, 15) is 14.4 Å². The molecule has 4 aliphatic heterocycles. The second-order valence-corrected chi connectivity index (χ2v) is 10.8. The Balaban J connectivity index is 1.04. The zero-order chi connectivity index (χ0) is 25.9. The molecule has 2 fully saturated rings. The van der Waals surface area contributed by atoms with Crippen molar-refractivity contribution in [3.8, 4) is 11.4 Å². The van der Waals surface area contributed by atoms with Crippen molar-refractivity contribution >= 4 is 17.7 Å². The molecule has 2 aromatic carbocycles. The molecular weight excluding hydrogens is 482 g/mol. The summed E-state index contributed by atoms with van der Waals surface area (Å²) in [6.07, 6.45) is 6.32. The second-order valence-electron chi connectivity index (χ2n) is 10.8. The van der Waals surface area contributed by atoms with Gasteiger partial charge in [-0.05, 0) is 62.2 Å². The minimum atomic E-state index is -0.615. The Kier molecular flexibility index (Phi) is 5.36. The molecule has 7 rings (SSSR count). The Labute approximate surface area is 220 Å². The normalized spacial score (nSPS) is 22.4. The quantitative estimate of drug-likeness (QED) is 0.541. The molecule has 1 aromatic heterocycles. The summed E-state index contributed by atoms with van der Waals surface area (Å²) < 4.78 is 8.17. The third-order valence-electron chi connectivity index (χ3n) is 8.66. The fourth-order valence-electron chi connectivity index (χ4n) is 6.47. The molecule has 9 heteroatoms. The van der Waals surface area contributed by atoms with Gasteiger partial charge in [0.1, 0.15) is 11.8 Å². The molecule has 1 atom stereocenters. The van der Waals surface area contributed by atoms with E-state index in [2.05, 4.69) is 45.6 Å². The van der Waals surface area contributed by atoms with E-state index in [1.807, 2.05) is 23.0 Å². The first-order valence-corrected chi connectivity index (χ1v) is 13.3. The van der Waals surface area contributed by atoms with Crippen LogP contribution in [0.4, 0.5) is 0 Å². The average molecular weight is 512 g/mol. The van der Waals surface area contributed by atoms with E-state index in [1.54, 1.807) is 11.1 Å². The highest BCUT2D eigenvalue weighted by Crippen LogP contribution is 2.49. The summed E-state index contributed by atoms with van der Waals surface area (Å²) in [5.74, 6) is 0.00236. The Hall–Kier alpha value is -3.98. The second kappa shape index (κ2) is 8.80. The Morgan fingerprint density at radius 1 is 1.05 bits per heavy atom. The van der Waals surface area contributed by atoms with Crippen molar-refractivity contribution in [2.24, 2.45) is 0 Å². The van der Waals surface area contributed by atoms with E-state index in [1.165, 1.54) is 11.1 Å². The van der Waals surface area contributed by atoms with Crippen LogP contribution in [0.5, 0.6) is 5.75 Å². The van der Waals surface area contributed by atoms with Gasteiger partial charge in [0.25, 0.3) is 5.91 Å². The monoisotopic (exact) mass is 511 g/mol. The van der Waals surface area contributed by atoms with Crippen LogP contribution in [0.2, 0.25) is 0 Å². The van der Waals surface area contributed by atoms with Gasteiger partial charge in [-0.3, -0.25) is 24.6 Å². The maximum atomic E-state index is 13.2. The molecule has 0 bridgehead atoms. The van der Waals surface area contributed by atoms with Gasteiger partial charge in [0.15, 0.2) is 0 Å². The SMILES string of the molecule is O=C1CCC(N2Cc3c(ccc4c3OCC43CCN(Cc4ccc(-n5cccn5)cc4)CC3)C2=O)C(=O)N1. The van der Waals surface area contributed by atoms with Crippen molar-refractivity contribution < 1.29 is 19.1 Å². The van der Waals surface area contributed by atoms with Gasteiger partial charge in [-0.2, -0.15) is 5.10 Å². The van der Waals surface area contributed by atoms with E-state index in [0.29, 0.717) is 25.1 Å². The van der Waals surface area contributed by atoms with Gasteiger partial charge in [0.2, 0.25) is 11.8 Å². The van der Waals surface area contributed by atoms with Crippen molar-refractivity contribution in [3.63, 3.8) is 0 Å². The lowest BCUT2D eigenvalue weighted by atomic mass is 9.74. The lowest BCUT2D eigenvalue weighted by Crippen LogP contribution is -2.52. The molecule has 2 saturated heterocycles. The largest absolute Gasteiger partial charge is 0.492 e. The van der Waals surface area contributed by atoms with Crippen LogP contribution in [-0.4, -0.2) is 63.0 Å². The molecule has 0 radical (unpaired) electrons. The van der Waals surface area contributed by atoms with Gasteiger partial charge in [-0.25, -0.2) is 4.68 Å². The summed E-state index contributed by atoms with van der Waals surface area (Å²) in [6.45, 7) is 3.82. The first-order valence-electron chi connectivity index (χ1n) is 13.3. The van der Waals surface area contributed by atoms with Crippen molar-refractivity contribution in [1.29, 1.82) is 0 Å². The standard InChI is InChI=1S/C29H29N5O4/c35-25-9-8-24(27(36)31-25)33-17-22-21(28(33)37)6-7-23-26(22)38-18-29(23)10-14-32(15-11-29)16-19-2-4-20(5-3-19)34-13-1-12-30-34/h1-7,12-13,24H,8-11,14-18H2,(H,31,35,36). The molecule has 3 amide bonds. The van der Waals surface area contributed by atoms with Crippen molar-refractivity contribution in [2.75, 3.05) is 19.7 Å². The molecule has 1 unspecified atom stereocenters. The number of ether oxygens (including phenoxy) is 1. The van der Waals surface area contributed by atoms with Gasteiger partial charge in [-0.15, -0.1) is 0 Å². The molecule has 4 aliphatic rings. The lowest BCUT2D eigenvalue weighted by Gasteiger charge is -2.38. The number of imide groups is 1. The van der Waals surface area contributed by atoms with E-state index in [0.717, 1.165) is 49.5 Å². The lowest BCUT2D eigenvalue weighted by molar-refractivity contribution is -0.136. The van der Waals surface area contributed by atoms with Gasteiger partial charge in [0, 0.05) is 47.5 Å². The highest BCUT2D eigenvalue weighted by atomic mass is 16.5. The van der Waals surface area contributed by atoms with E-state index >= 15 is 0 Å². The molecule has 194 valence electrons. The number of piperidine rings is 2. The Morgan fingerprint density at radius 3 is 2.61 bits per heavy atom. The summed E-state index contributed by atoms with van der Waals surface area (Å²) in [5, 5.41) is 6.67. The predicted molar refractivity (Wildman–Crippen MR) is 138 cm³/mol. The number of likely N-dealkylation sites (tertiary alicyclic amines) is 1. The molecule has 38 heavy (non-hydrogen) atoms. The summed E-state index contributed by atoms with van der Waals surface area (Å²) in [6, 6.07) is 13.8. The number of carbonyl (C=O) groups is 3. The van der Waals surface area contributed by atoms with Crippen LogP contribution in [0, 0.1) is 0 Å². The van der Waals surface area contributed by atoms with Crippen molar-refractivity contribution in [2.45, 2.75) is 50.2 Å². The highest BCUT2D eigenvalue weighted by Gasteiger charge is 2.47. The van der Waals surface area contributed by atoms with E-state index in [-0.39, 0.29) is 29.6 Å². The van der Waals surface area contributed by atoms with E-state index < -0.39 is 6.04 Å². The maximum absolute atomic E-state index is 13.2. The number of amides is 3. The fourth-order valence-corrected chi connectivity index (χ4v) is 6.47. The fraction of sp³-hybridized carbons (Fsp3) is 0.379. The smallest absolute Gasteiger partial charge is 0.255 e. The molecule has 1 spiro atoms. The highest BCUT2D eigenvalue weighted by molar-refractivity contribution is 6.05. The first kappa shape index (κ1) is 23.2. The van der Waals surface area contributed by atoms with Crippen LogP contribution in [0.1, 0.15) is 52.7 Å². The first-order chi connectivity index (χ1) is 18.5. The minimum Gasteiger partial charge on any atom is -0.492 e. The van der Waals surface area contributed by atoms with Crippen molar-refractivity contribution in [3.05, 3.63) is 77.1 Å². The van der Waals surface area contributed by atoms with Crippen LogP contribution in [0.3, 0.4) is 0 Å². The minimum absolute atomic E-state index is 0.0457. The third kappa shape index (κ3) is 3.72. The van der Waals surface area contributed by atoms with Crippen LogP contribution in [-0.2, 0) is 28.1 Å². The number of benzene rings is 2. The van der Waals surface area contributed by atoms with E-state index in [4.69, 9.17) is 4.74 Å². The average Bonchev–Trinajstić information content (AvgIpc) is 3.66. The number of rotatable bonds is 4. The number of carbonyl (C=O) groups excluding carboxylic acids is 3. The number of aromatic nitrogens is 2. The molecular formula is C29H29N5O4. The molecule has 0 saturated carbocycles. The topological polar surface area (TPSA) is 96.8 Å². The predicted octanol–water partition coefficient (Wildman–Crippen LogP) is 2.56. The summed E-state index contributed by atoms with van der Waals surface area (Å²) in [5.41, 5.74) is 4.98. The Morgan fingerprint density at radius 2 is 1.87 bits per heavy atom. The van der Waals surface area contributed by atoms with Crippen LogP contribution in [0.25, 0.3) is 5.69 Å². The van der Waals surface area contributed by atoms with Gasteiger partial charge in [-0.1, -0.05) is 18.2 Å². The maximum Gasteiger partial charge on any atom is 0.255 e. The number of hydrogen-bond acceptors (Lipinski definition) is 6. The molecule has 3 aromatic rings. The van der Waals surface area contributed by atoms with Crippen LogP contribution >= 0.6 is 0 Å². The summed E-state index contributed by atoms with van der Waals surface area (Å²) in [7, 11) is 0. The molecule has 1 N–H and O–H groups in total. The van der Waals surface area contributed by atoms with Gasteiger partial charge in [0.05, 0.1) is 18.8 Å². The number of nitrogens with zero attached hydrogens (tertiary/aromatic N) is 4. The molecule has 0 aliphatic carbocycles. The zero-order valence-electron chi connectivity index (χ0n) is 21.1. The van der Waals surface area contributed by atoms with Crippen LogP contribution in [0.15, 0.2) is 54.9 Å². The number of fused-ring (bicyclic) bond motifs is 4. The third-order valence-corrected chi connectivity index (χ3v) is 8.66. The van der Waals surface area contributed by atoms with Gasteiger partial charge >= 0.3 is 0 Å². The number of hydrogen-bond donors (Lipinski definition) is 1. The molecule has 9 nitrogen and oxygen atoms in total. The van der Waals surface area contributed by atoms with Gasteiger partial charge < -0.3 is 9.64 Å². The zero-order valence-corrected chi connectivity index (χ0v) is 21.1. The Bertz CT molecular complexity index is 1420. The summed E-state index contributed by atoms with van der Waals surface area (Å²) in [4.78, 5) is 41.3. The van der Waals surface area contributed by atoms with Crippen molar-refractivity contribution in [1.82, 2.24) is 24.9 Å². The number of nitrogens with one attached hydrogen (secondary N) is 1. The molecule has 5 heterocycles.